The first-order valence-corrected chi connectivity index (χ1v) is 8.52. The molecular weight excluding hydrogens is 302 g/mol. The normalized spacial score (nSPS) is 16.7. The zero-order valence-electron chi connectivity index (χ0n) is 13.6. The van der Waals surface area contributed by atoms with Gasteiger partial charge in [0.25, 0.3) is 0 Å². The molecule has 6 nitrogen and oxygen atoms in total. The highest BCUT2D eigenvalue weighted by molar-refractivity contribution is 7.99. The van der Waals surface area contributed by atoms with Crippen LogP contribution in [0.5, 0.6) is 0 Å². The van der Waals surface area contributed by atoms with Gasteiger partial charge in [-0.1, -0.05) is 5.16 Å². The predicted octanol–water partition coefficient (Wildman–Crippen LogP) is 1.60. The third-order valence-corrected chi connectivity index (χ3v) is 5.20. The van der Waals surface area contributed by atoms with Crippen molar-refractivity contribution < 1.29 is 14.1 Å². The molecule has 2 rings (SSSR count). The molecule has 2 heterocycles. The topological polar surface area (TPSA) is 66.7 Å². The summed E-state index contributed by atoms with van der Waals surface area (Å²) in [6.07, 6.45) is 0. The van der Waals surface area contributed by atoms with E-state index in [1.54, 1.807) is 23.6 Å². The van der Waals surface area contributed by atoms with Crippen LogP contribution < -0.4 is 0 Å². The fourth-order valence-electron chi connectivity index (χ4n) is 2.49. The fourth-order valence-corrected chi connectivity index (χ4v) is 3.61. The molecule has 0 aliphatic carbocycles. The number of hydrogen-bond donors (Lipinski definition) is 0. The summed E-state index contributed by atoms with van der Waals surface area (Å²) in [5.74, 6) is 1.76. The van der Waals surface area contributed by atoms with Crippen molar-refractivity contribution in [1.82, 2.24) is 15.0 Å². The molecule has 1 aromatic heterocycles. The van der Waals surface area contributed by atoms with Crippen molar-refractivity contribution in [2.45, 2.75) is 38.7 Å². The Labute approximate surface area is 135 Å². The molecule has 0 spiro atoms. The Balaban J connectivity index is 1.84. The van der Waals surface area contributed by atoms with Gasteiger partial charge in [-0.3, -0.25) is 9.59 Å². The van der Waals surface area contributed by atoms with Gasteiger partial charge in [-0.05, 0) is 20.8 Å². The van der Waals surface area contributed by atoms with E-state index in [0.29, 0.717) is 26.2 Å². The molecule has 1 saturated heterocycles. The zero-order chi connectivity index (χ0) is 16.3. The highest BCUT2D eigenvalue weighted by Gasteiger charge is 2.26. The van der Waals surface area contributed by atoms with E-state index in [2.05, 4.69) is 5.16 Å². The lowest BCUT2D eigenvalue weighted by molar-refractivity contribution is -0.137. The minimum atomic E-state index is -0.113. The SMILES string of the molecule is CC(=O)N1CCN(C(=O)C(C)SCc2c(C)noc2C)CC1. The Morgan fingerprint density at radius 1 is 1.23 bits per heavy atom. The summed E-state index contributed by atoms with van der Waals surface area (Å²) in [6, 6.07) is 0. The molecule has 1 aliphatic rings. The van der Waals surface area contributed by atoms with Crippen molar-refractivity contribution in [3.8, 4) is 0 Å². The number of rotatable bonds is 4. The van der Waals surface area contributed by atoms with Crippen LogP contribution in [0.3, 0.4) is 0 Å². The van der Waals surface area contributed by atoms with Crippen molar-refractivity contribution in [2.24, 2.45) is 0 Å². The molecule has 0 N–H and O–H groups in total. The number of piperazine rings is 1. The van der Waals surface area contributed by atoms with Crippen LogP contribution >= 0.6 is 11.8 Å². The monoisotopic (exact) mass is 325 g/mol. The average molecular weight is 325 g/mol. The molecule has 2 amide bonds. The summed E-state index contributed by atoms with van der Waals surface area (Å²) >= 11 is 1.60. The summed E-state index contributed by atoms with van der Waals surface area (Å²) < 4.78 is 5.14. The van der Waals surface area contributed by atoms with Crippen LogP contribution in [0.1, 0.15) is 30.9 Å². The van der Waals surface area contributed by atoms with Crippen molar-refractivity contribution in [1.29, 1.82) is 0 Å². The Morgan fingerprint density at radius 3 is 2.32 bits per heavy atom. The maximum absolute atomic E-state index is 12.5. The molecule has 0 bridgehead atoms. The fraction of sp³-hybridized carbons (Fsp3) is 0.667. The summed E-state index contributed by atoms with van der Waals surface area (Å²) in [5, 5.41) is 3.82. The van der Waals surface area contributed by atoms with Gasteiger partial charge in [0, 0.05) is 44.4 Å². The van der Waals surface area contributed by atoms with Gasteiger partial charge in [0.05, 0.1) is 10.9 Å². The average Bonchev–Trinajstić information content (AvgIpc) is 2.83. The van der Waals surface area contributed by atoms with E-state index in [1.807, 2.05) is 25.7 Å². The Kier molecular flexibility index (Phi) is 5.50. The quantitative estimate of drug-likeness (QED) is 0.841. The number of amides is 2. The molecule has 22 heavy (non-hydrogen) atoms. The number of nitrogens with zero attached hydrogens (tertiary/aromatic N) is 3. The van der Waals surface area contributed by atoms with Crippen LogP contribution in [0.15, 0.2) is 4.52 Å². The van der Waals surface area contributed by atoms with Crippen molar-refractivity contribution in [3.63, 3.8) is 0 Å². The molecule has 1 fully saturated rings. The van der Waals surface area contributed by atoms with Crippen molar-refractivity contribution in [3.05, 3.63) is 17.0 Å². The van der Waals surface area contributed by atoms with Crippen molar-refractivity contribution >= 4 is 23.6 Å². The second-order valence-electron chi connectivity index (χ2n) is 5.59. The van der Waals surface area contributed by atoms with E-state index in [4.69, 9.17) is 4.52 Å². The van der Waals surface area contributed by atoms with Crippen LogP contribution in [-0.4, -0.2) is 58.2 Å². The molecule has 0 radical (unpaired) electrons. The number of thioether (sulfide) groups is 1. The number of aryl methyl sites for hydroxylation is 2. The molecular formula is C15H23N3O3S. The van der Waals surface area contributed by atoms with E-state index in [9.17, 15) is 9.59 Å². The summed E-state index contributed by atoms with van der Waals surface area (Å²) in [6.45, 7) is 9.80. The van der Waals surface area contributed by atoms with E-state index in [1.165, 1.54) is 0 Å². The Morgan fingerprint density at radius 2 is 1.82 bits per heavy atom. The van der Waals surface area contributed by atoms with Gasteiger partial charge in [-0.15, -0.1) is 11.8 Å². The molecule has 1 aromatic rings. The van der Waals surface area contributed by atoms with Gasteiger partial charge in [-0.2, -0.15) is 0 Å². The Bertz CT molecular complexity index is 531. The van der Waals surface area contributed by atoms with Crippen LogP contribution in [-0.2, 0) is 15.3 Å². The lowest BCUT2D eigenvalue weighted by atomic mass is 10.2. The number of carbonyl (C=O) groups is 2. The second kappa shape index (κ2) is 7.17. The van der Waals surface area contributed by atoms with Gasteiger partial charge in [-0.25, -0.2) is 0 Å². The van der Waals surface area contributed by atoms with Crippen LogP contribution in [0, 0.1) is 13.8 Å². The zero-order valence-corrected chi connectivity index (χ0v) is 14.4. The van der Waals surface area contributed by atoms with Crippen LogP contribution in [0.25, 0.3) is 0 Å². The van der Waals surface area contributed by atoms with Crippen LogP contribution in [0.4, 0.5) is 0 Å². The number of hydrogen-bond acceptors (Lipinski definition) is 5. The lowest BCUT2D eigenvalue weighted by Crippen LogP contribution is -2.51. The molecule has 0 saturated carbocycles. The third kappa shape index (κ3) is 3.82. The Hall–Kier alpha value is -1.50. The minimum Gasteiger partial charge on any atom is -0.361 e. The first-order chi connectivity index (χ1) is 10.4. The molecule has 122 valence electrons. The standard InChI is InChI=1S/C15H23N3O3S/c1-10-14(11(2)21-16-10)9-22-12(3)15(20)18-7-5-17(6-8-18)13(4)19/h12H,5-9H2,1-4H3. The lowest BCUT2D eigenvalue weighted by Gasteiger charge is -2.35. The maximum atomic E-state index is 12.5. The van der Waals surface area contributed by atoms with Gasteiger partial charge >= 0.3 is 0 Å². The highest BCUT2D eigenvalue weighted by atomic mass is 32.2. The highest BCUT2D eigenvalue weighted by Crippen LogP contribution is 2.24. The van der Waals surface area contributed by atoms with Gasteiger partial charge in [0.1, 0.15) is 5.76 Å². The first kappa shape index (κ1) is 16.9. The molecule has 1 aliphatic heterocycles. The summed E-state index contributed by atoms with van der Waals surface area (Å²) in [5.41, 5.74) is 1.96. The minimum absolute atomic E-state index is 0.0768. The second-order valence-corrected chi connectivity index (χ2v) is 6.92. The predicted molar refractivity (Wildman–Crippen MR) is 85.6 cm³/mol. The van der Waals surface area contributed by atoms with Crippen LogP contribution in [0.2, 0.25) is 0 Å². The van der Waals surface area contributed by atoms with E-state index < -0.39 is 0 Å². The van der Waals surface area contributed by atoms with E-state index in [0.717, 1.165) is 22.8 Å². The van der Waals surface area contributed by atoms with Gasteiger partial charge < -0.3 is 14.3 Å². The molecule has 0 aromatic carbocycles. The largest absolute Gasteiger partial charge is 0.361 e. The van der Waals surface area contributed by atoms with Crippen molar-refractivity contribution in [2.75, 3.05) is 26.2 Å². The van der Waals surface area contributed by atoms with Gasteiger partial charge in [0.15, 0.2) is 0 Å². The summed E-state index contributed by atoms with van der Waals surface area (Å²) in [7, 11) is 0. The number of aromatic nitrogens is 1. The molecule has 7 heteroatoms. The molecule has 1 atom stereocenters. The summed E-state index contributed by atoms with van der Waals surface area (Å²) in [4.78, 5) is 27.4. The first-order valence-electron chi connectivity index (χ1n) is 7.47. The number of carbonyl (C=O) groups excluding carboxylic acids is 2. The van der Waals surface area contributed by atoms with E-state index >= 15 is 0 Å². The van der Waals surface area contributed by atoms with Gasteiger partial charge in [0.2, 0.25) is 11.8 Å². The smallest absolute Gasteiger partial charge is 0.235 e. The molecule has 1 unspecified atom stereocenters. The van der Waals surface area contributed by atoms with E-state index in [-0.39, 0.29) is 17.1 Å². The third-order valence-electron chi connectivity index (χ3n) is 4.04. The maximum Gasteiger partial charge on any atom is 0.235 e.